The summed E-state index contributed by atoms with van der Waals surface area (Å²) in [7, 11) is -3.28. The van der Waals surface area contributed by atoms with Gasteiger partial charge in [0.25, 0.3) is 11.8 Å². The van der Waals surface area contributed by atoms with E-state index in [1.165, 1.54) is 19.2 Å². The zero-order valence-corrected chi connectivity index (χ0v) is 16.7. The molecule has 0 spiro atoms. The third-order valence-corrected chi connectivity index (χ3v) is 5.74. The number of carboxylic acids is 1. The minimum atomic E-state index is -4.25. The summed E-state index contributed by atoms with van der Waals surface area (Å²) in [5.74, 6) is -3.06. The van der Waals surface area contributed by atoms with Crippen LogP contribution < -0.4 is 11.1 Å². The number of nitrogens with two attached hydrogens (primary N) is 1. The average molecular weight is 435 g/mol. The van der Waals surface area contributed by atoms with Crippen LogP contribution in [0, 0.1) is 0 Å². The second-order valence-electron chi connectivity index (χ2n) is 6.04. The molecule has 0 bridgehead atoms. The number of oxime groups is 1. The van der Waals surface area contributed by atoms with E-state index in [-0.39, 0.29) is 17.4 Å². The summed E-state index contributed by atoms with van der Waals surface area (Å²) in [6.45, 7) is 2.18. The van der Waals surface area contributed by atoms with Crippen molar-refractivity contribution in [2.24, 2.45) is 5.16 Å². The molecular formula is C13H18N5O8PS. The van der Waals surface area contributed by atoms with Crippen molar-refractivity contribution < 1.29 is 38.3 Å². The molecule has 5 N–H and O–H groups in total. The highest BCUT2D eigenvalue weighted by Gasteiger charge is 2.48. The van der Waals surface area contributed by atoms with E-state index in [9.17, 15) is 23.8 Å². The first-order chi connectivity index (χ1) is 12.9. The molecule has 2 amide bonds. The molecule has 1 aromatic rings. The summed E-state index contributed by atoms with van der Waals surface area (Å²) in [5.41, 5.74) is 3.40. The van der Waals surface area contributed by atoms with Crippen molar-refractivity contribution in [3.63, 3.8) is 0 Å². The highest BCUT2D eigenvalue weighted by atomic mass is 32.1. The van der Waals surface area contributed by atoms with E-state index in [0.29, 0.717) is 4.67 Å². The third kappa shape index (κ3) is 4.47. The van der Waals surface area contributed by atoms with E-state index in [4.69, 9.17) is 15.7 Å². The Morgan fingerprint density at radius 3 is 2.64 bits per heavy atom. The fourth-order valence-corrected chi connectivity index (χ4v) is 3.37. The van der Waals surface area contributed by atoms with Crippen LogP contribution in [0.25, 0.3) is 0 Å². The van der Waals surface area contributed by atoms with Crippen molar-refractivity contribution in [2.75, 3.05) is 19.4 Å². The zero-order valence-electron chi connectivity index (χ0n) is 15.0. The number of nitrogens with zero attached hydrogens (tertiary/aromatic N) is 3. The fraction of sp³-hybridized carbons (Fsp3) is 0.462. The summed E-state index contributed by atoms with van der Waals surface area (Å²) in [6, 6.07) is -1.10. The smallest absolute Gasteiger partial charge is 0.434 e. The van der Waals surface area contributed by atoms with Crippen molar-refractivity contribution in [3.8, 4) is 0 Å². The number of thiazole rings is 1. The van der Waals surface area contributed by atoms with Gasteiger partial charge in [-0.25, -0.2) is 19.0 Å². The predicted octanol–water partition coefficient (Wildman–Crippen LogP) is -0.617. The lowest BCUT2D eigenvalue weighted by atomic mass is 10.1. The molecule has 1 fully saturated rings. The van der Waals surface area contributed by atoms with Gasteiger partial charge in [-0.3, -0.25) is 14.1 Å². The maximum absolute atomic E-state index is 12.5. The lowest BCUT2D eigenvalue weighted by Gasteiger charge is -2.39. The van der Waals surface area contributed by atoms with Crippen LogP contribution in [0.3, 0.4) is 0 Å². The predicted molar refractivity (Wildman–Crippen MR) is 96.3 cm³/mol. The minimum Gasteiger partial charge on any atom is -0.478 e. The van der Waals surface area contributed by atoms with Gasteiger partial charge in [0.1, 0.15) is 11.7 Å². The Balaban J connectivity index is 2.18. The summed E-state index contributed by atoms with van der Waals surface area (Å²) in [5, 5.41) is 16.5. The topological polar surface area (TPSA) is 194 Å². The van der Waals surface area contributed by atoms with Gasteiger partial charge in [0, 0.05) is 12.5 Å². The number of hydrogen-bond acceptors (Lipinski definition) is 10. The zero-order chi connectivity index (χ0) is 21.3. The molecule has 15 heteroatoms. The number of carbonyl (C=O) groups is 3. The number of aliphatic carboxylic acids is 1. The molecule has 1 aliphatic heterocycles. The second-order valence-corrected chi connectivity index (χ2v) is 8.76. The molecule has 2 heterocycles. The van der Waals surface area contributed by atoms with E-state index in [0.717, 1.165) is 18.4 Å². The van der Waals surface area contributed by atoms with Gasteiger partial charge in [-0.05, 0) is 13.8 Å². The lowest BCUT2D eigenvalue weighted by molar-refractivity contribution is -0.161. The summed E-state index contributed by atoms with van der Waals surface area (Å²) < 4.78 is 16.6. The number of amides is 2. The molecule has 0 saturated carbocycles. The Morgan fingerprint density at radius 1 is 1.54 bits per heavy atom. The van der Waals surface area contributed by atoms with Crippen molar-refractivity contribution in [3.05, 3.63) is 11.1 Å². The minimum absolute atomic E-state index is 0.00883. The first-order valence-corrected chi connectivity index (χ1v) is 10.0. The molecule has 0 aromatic carbocycles. The maximum atomic E-state index is 12.5. The van der Waals surface area contributed by atoms with Crippen molar-refractivity contribution in [1.29, 1.82) is 0 Å². The molecule has 2 rings (SSSR count). The number of carboxylic acid groups (broad SMARTS) is 1. The summed E-state index contributed by atoms with van der Waals surface area (Å²) >= 11 is 1.01. The number of nitrogen functional groups attached to an aromatic ring is 1. The molecule has 1 unspecified atom stereocenters. The van der Waals surface area contributed by atoms with E-state index >= 15 is 0 Å². The van der Waals surface area contributed by atoms with E-state index in [2.05, 4.69) is 20.0 Å². The van der Waals surface area contributed by atoms with Crippen LogP contribution in [0.4, 0.5) is 5.13 Å². The Labute approximate surface area is 162 Å². The highest BCUT2D eigenvalue weighted by molar-refractivity contribution is 7.51. The van der Waals surface area contributed by atoms with Crippen LogP contribution in [0.2, 0.25) is 0 Å². The molecule has 13 nitrogen and oxygen atoms in total. The van der Waals surface area contributed by atoms with Gasteiger partial charge in [-0.1, -0.05) is 5.16 Å². The standard InChI is InChI=1S/C13H18N5O8PS/c1-13(2,11(21)22)26-17-8(7-5-28-12(14)16-7)9(19)15-6-4-18(10(6)20)27(23,24)25-3/h5-6H,4H2,1-3H3,(H2,14,16)(H,15,19)(H,21,22)(H,23,24)/b17-8+/t6-/m0/s1. The molecule has 28 heavy (non-hydrogen) atoms. The van der Waals surface area contributed by atoms with Crippen LogP contribution in [0.1, 0.15) is 19.5 Å². The molecule has 154 valence electrons. The van der Waals surface area contributed by atoms with E-state index < -0.39 is 42.9 Å². The summed E-state index contributed by atoms with van der Waals surface area (Å²) in [4.78, 5) is 54.0. The van der Waals surface area contributed by atoms with E-state index in [1.54, 1.807) is 0 Å². The molecule has 1 aromatic heterocycles. The van der Waals surface area contributed by atoms with Crippen LogP contribution in [-0.2, 0) is 28.3 Å². The van der Waals surface area contributed by atoms with Crippen LogP contribution in [0.5, 0.6) is 0 Å². The Morgan fingerprint density at radius 2 is 2.18 bits per heavy atom. The molecule has 1 aliphatic rings. The van der Waals surface area contributed by atoms with Gasteiger partial charge in [0.2, 0.25) is 5.60 Å². The quantitative estimate of drug-likeness (QED) is 0.177. The molecular weight excluding hydrogens is 417 g/mol. The number of β-lactam (4-membered cyclic amide) rings is 1. The molecule has 0 radical (unpaired) electrons. The van der Waals surface area contributed by atoms with Gasteiger partial charge in [-0.15, -0.1) is 11.3 Å². The maximum Gasteiger partial charge on any atom is 0.434 e. The highest BCUT2D eigenvalue weighted by Crippen LogP contribution is 2.48. The Hall–Kier alpha value is -2.54. The number of carbonyl (C=O) groups excluding carboxylic acids is 2. The van der Waals surface area contributed by atoms with Gasteiger partial charge >= 0.3 is 13.7 Å². The number of aromatic nitrogens is 1. The average Bonchev–Trinajstić information content (AvgIpc) is 3.03. The molecule has 2 atom stereocenters. The van der Waals surface area contributed by atoms with Crippen molar-refractivity contribution in [1.82, 2.24) is 15.0 Å². The first kappa shape index (κ1) is 21.8. The van der Waals surface area contributed by atoms with Crippen molar-refractivity contribution >= 4 is 47.7 Å². The molecule has 1 saturated heterocycles. The van der Waals surface area contributed by atoms with E-state index in [1.807, 2.05) is 0 Å². The second kappa shape index (κ2) is 7.83. The SMILES string of the molecule is COP(=O)(O)N1C[C@H](NC(=O)/C(=N/OC(C)(C)C(=O)O)c2csc(N)n2)C1=O. The largest absolute Gasteiger partial charge is 0.478 e. The monoisotopic (exact) mass is 435 g/mol. The Bertz CT molecular complexity index is 884. The number of nitrogens with one attached hydrogen (secondary N) is 1. The Kier molecular flexibility index (Phi) is 6.09. The van der Waals surface area contributed by atoms with Crippen LogP contribution in [-0.4, -0.2) is 68.4 Å². The van der Waals surface area contributed by atoms with Gasteiger partial charge in [0.05, 0.1) is 6.54 Å². The van der Waals surface area contributed by atoms with Gasteiger partial charge in [0.15, 0.2) is 10.8 Å². The lowest BCUT2D eigenvalue weighted by Crippen LogP contribution is -2.63. The first-order valence-electron chi connectivity index (χ1n) is 7.61. The van der Waals surface area contributed by atoms with Crippen LogP contribution >= 0.6 is 19.1 Å². The van der Waals surface area contributed by atoms with Crippen molar-refractivity contribution in [2.45, 2.75) is 25.5 Å². The normalized spacial score (nSPS) is 19.6. The van der Waals surface area contributed by atoms with Crippen LogP contribution in [0.15, 0.2) is 10.5 Å². The van der Waals surface area contributed by atoms with Gasteiger partial charge < -0.3 is 25.9 Å². The number of hydrogen-bond donors (Lipinski definition) is 4. The third-order valence-electron chi connectivity index (χ3n) is 3.62. The number of anilines is 1. The fourth-order valence-electron chi connectivity index (χ4n) is 1.87. The van der Waals surface area contributed by atoms with Gasteiger partial charge in [-0.2, -0.15) is 0 Å². The summed E-state index contributed by atoms with van der Waals surface area (Å²) in [6.07, 6.45) is 0. The number of rotatable bonds is 8. The molecule has 0 aliphatic carbocycles.